The lowest BCUT2D eigenvalue weighted by Crippen LogP contribution is -2.24. The van der Waals surface area contributed by atoms with E-state index in [1.807, 2.05) is 0 Å². The molecule has 1 atom stereocenters. The Bertz CT molecular complexity index is 68.2. The molecule has 0 aromatic heterocycles. The second-order valence-electron chi connectivity index (χ2n) is 1.21. The summed E-state index contributed by atoms with van der Waals surface area (Å²) in [5, 5.41) is 9.53. The molecule has 8 heavy (non-hydrogen) atoms. The van der Waals surface area contributed by atoms with E-state index in [-0.39, 0.29) is 0 Å². The Hall–Kier alpha value is 1.88. The van der Waals surface area contributed by atoms with Crippen LogP contribution in [0, 0.1) is 0 Å². The fourth-order valence-corrected chi connectivity index (χ4v) is 2.36. The average Bonchev–Trinajstić information content (AvgIpc) is 1.62. The number of rotatable bonds is 1. The second kappa shape index (κ2) is 3.91. The van der Waals surface area contributed by atoms with Crippen LogP contribution < -0.4 is 0 Å². The first-order valence-electron chi connectivity index (χ1n) is 1.79. The van der Waals surface area contributed by atoms with Crippen molar-refractivity contribution in [1.82, 2.24) is 0 Å². The summed E-state index contributed by atoms with van der Waals surface area (Å²) in [5.74, 6) is 0. The van der Waals surface area contributed by atoms with Gasteiger partial charge >= 0.3 is 0 Å². The Morgan fingerprint density at radius 1 is 1.38 bits per heavy atom. The highest BCUT2D eigenvalue weighted by molar-refractivity contribution is 9.39. The topological polar surface area (TPSA) is 20.2 Å². The summed E-state index contributed by atoms with van der Waals surface area (Å²) in [5.41, 5.74) is 0. The van der Waals surface area contributed by atoms with Crippen LogP contribution >= 0.6 is 63.7 Å². The number of alkyl halides is 4. The smallest absolute Gasteiger partial charge is 0.161 e. The summed E-state index contributed by atoms with van der Waals surface area (Å²) in [7, 11) is 0. The van der Waals surface area contributed by atoms with Crippen LogP contribution in [0.2, 0.25) is 0 Å². The maximum atomic E-state index is 9.01. The van der Waals surface area contributed by atoms with Crippen molar-refractivity contribution in [2.24, 2.45) is 0 Å². The van der Waals surface area contributed by atoms with Gasteiger partial charge < -0.3 is 5.11 Å². The molecule has 1 unspecified atom stereocenters. The van der Waals surface area contributed by atoms with Crippen LogP contribution in [0.15, 0.2) is 0 Å². The predicted molar refractivity (Wildman–Crippen MR) is 49.3 cm³/mol. The van der Waals surface area contributed by atoms with Crippen LogP contribution in [0.4, 0.5) is 0 Å². The molecule has 0 bridgehead atoms. The molecular formula is C3H4Br4O. The Labute approximate surface area is 81.7 Å². The second-order valence-corrected chi connectivity index (χ2v) is 8.80. The summed E-state index contributed by atoms with van der Waals surface area (Å²) in [6.45, 7) is 0. The van der Waals surface area contributed by atoms with Gasteiger partial charge in [0.25, 0.3) is 0 Å². The Balaban J connectivity index is 3.62. The van der Waals surface area contributed by atoms with Gasteiger partial charge in [0, 0.05) is 5.33 Å². The van der Waals surface area contributed by atoms with E-state index in [0.29, 0.717) is 5.33 Å². The number of hydrogen-bond acceptors (Lipinski definition) is 1. The van der Waals surface area contributed by atoms with E-state index in [1.165, 1.54) is 0 Å². The van der Waals surface area contributed by atoms with Gasteiger partial charge in [-0.25, -0.2) is 0 Å². The lowest BCUT2D eigenvalue weighted by atomic mass is 10.5. The molecule has 1 nitrogen and oxygen atoms in total. The minimum absolute atomic E-state index is 0.484. The van der Waals surface area contributed by atoms with Gasteiger partial charge in [0.05, 0.1) is 6.10 Å². The maximum Gasteiger partial charge on any atom is 0.161 e. The zero-order valence-electron chi connectivity index (χ0n) is 3.74. The summed E-state index contributed by atoms with van der Waals surface area (Å²) < 4.78 is -0.545. The van der Waals surface area contributed by atoms with Gasteiger partial charge in [-0.1, -0.05) is 63.7 Å². The highest BCUT2D eigenvalue weighted by Crippen LogP contribution is 2.37. The quantitative estimate of drug-likeness (QED) is 0.699. The van der Waals surface area contributed by atoms with Crippen molar-refractivity contribution in [2.75, 3.05) is 5.33 Å². The minimum atomic E-state index is -0.545. The molecule has 0 aromatic carbocycles. The predicted octanol–water partition coefficient (Wildman–Crippen LogP) is 2.58. The van der Waals surface area contributed by atoms with E-state index >= 15 is 0 Å². The standard InChI is InChI=1S/C3H4Br4O/c4-1-2(8)3(5,6)7/h2,8H,1H2. The molecule has 0 fully saturated rings. The third-order valence-corrected chi connectivity index (χ3v) is 2.72. The highest BCUT2D eigenvalue weighted by Gasteiger charge is 2.27. The van der Waals surface area contributed by atoms with Crippen molar-refractivity contribution in [2.45, 2.75) is 8.25 Å². The zero-order valence-corrected chi connectivity index (χ0v) is 10.1. The SMILES string of the molecule is OC(CBr)C(Br)(Br)Br. The molecular weight excluding hydrogens is 372 g/mol. The lowest BCUT2D eigenvalue weighted by molar-refractivity contribution is 0.216. The molecule has 0 saturated carbocycles. The van der Waals surface area contributed by atoms with Crippen LogP contribution in [0.1, 0.15) is 0 Å². The first-order valence-corrected chi connectivity index (χ1v) is 5.29. The van der Waals surface area contributed by atoms with Gasteiger partial charge in [-0.05, 0) is 0 Å². The molecule has 0 amide bonds. The molecule has 0 aliphatic heterocycles. The fraction of sp³-hybridized carbons (Fsp3) is 1.00. The molecule has 0 saturated heterocycles. The monoisotopic (exact) mass is 372 g/mol. The Morgan fingerprint density at radius 3 is 1.75 bits per heavy atom. The summed E-state index contributed by atoms with van der Waals surface area (Å²) >= 11 is 12.6. The van der Waals surface area contributed by atoms with Crippen molar-refractivity contribution in [3.05, 3.63) is 0 Å². The first-order chi connectivity index (χ1) is 3.48. The molecule has 0 heterocycles. The largest absolute Gasteiger partial charge is 0.389 e. The number of hydrogen-bond donors (Lipinski definition) is 1. The van der Waals surface area contributed by atoms with Crippen molar-refractivity contribution in [1.29, 1.82) is 0 Å². The fourth-order valence-electron chi connectivity index (χ4n) is 0.0875. The highest BCUT2D eigenvalue weighted by atomic mass is 80.0. The Morgan fingerprint density at radius 2 is 1.75 bits per heavy atom. The summed E-state index contributed by atoms with van der Waals surface area (Å²) in [6, 6.07) is 0. The Kier molecular flexibility index (Phi) is 4.83. The molecule has 1 N–H and O–H groups in total. The van der Waals surface area contributed by atoms with Crippen molar-refractivity contribution in [3.63, 3.8) is 0 Å². The van der Waals surface area contributed by atoms with Gasteiger partial charge in [-0.3, -0.25) is 0 Å². The minimum Gasteiger partial charge on any atom is -0.389 e. The van der Waals surface area contributed by atoms with Crippen molar-refractivity contribution < 1.29 is 5.11 Å². The van der Waals surface area contributed by atoms with Crippen LogP contribution in [0.5, 0.6) is 0 Å². The molecule has 50 valence electrons. The van der Waals surface area contributed by atoms with Crippen molar-refractivity contribution in [3.8, 4) is 0 Å². The molecule has 0 rings (SSSR count). The van der Waals surface area contributed by atoms with Crippen LogP contribution in [-0.4, -0.2) is 18.7 Å². The number of halogens is 4. The van der Waals surface area contributed by atoms with E-state index in [0.717, 1.165) is 0 Å². The first kappa shape index (κ1) is 9.88. The number of aliphatic hydroxyl groups is 1. The molecule has 0 aliphatic rings. The van der Waals surface area contributed by atoms with Gasteiger partial charge in [0.1, 0.15) is 0 Å². The van der Waals surface area contributed by atoms with E-state index in [1.54, 1.807) is 0 Å². The third-order valence-electron chi connectivity index (χ3n) is 0.524. The van der Waals surface area contributed by atoms with Gasteiger partial charge in [-0.15, -0.1) is 0 Å². The zero-order chi connectivity index (χ0) is 6.78. The average molecular weight is 376 g/mol. The van der Waals surface area contributed by atoms with Crippen LogP contribution in [-0.2, 0) is 0 Å². The maximum absolute atomic E-state index is 9.01. The van der Waals surface area contributed by atoms with E-state index in [2.05, 4.69) is 63.7 Å². The molecule has 0 radical (unpaired) electrons. The van der Waals surface area contributed by atoms with E-state index in [4.69, 9.17) is 5.11 Å². The molecule has 0 spiro atoms. The lowest BCUT2D eigenvalue weighted by Gasteiger charge is -2.16. The third kappa shape index (κ3) is 3.82. The van der Waals surface area contributed by atoms with Gasteiger partial charge in [0.15, 0.2) is 2.14 Å². The normalized spacial score (nSPS) is 16.1. The van der Waals surface area contributed by atoms with Crippen LogP contribution in [0.25, 0.3) is 0 Å². The van der Waals surface area contributed by atoms with Crippen LogP contribution in [0.3, 0.4) is 0 Å². The number of aliphatic hydroxyl groups excluding tert-OH is 1. The molecule has 0 aliphatic carbocycles. The van der Waals surface area contributed by atoms with Gasteiger partial charge in [-0.2, -0.15) is 0 Å². The molecule has 5 heteroatoms. The van der Waals surface area contributed by atoms with Crippen molar-refractivity contribution >= 4 is 63.7 Å². The van der Waals surface area contributed by atoms with Gasteiger partial charge in [0.2, 0.25) is 0 Å². The summed E-state index contributed by atoms with van der Waals surface area (Å²) in [6.07, 6.45) is -0.484. The van der Waals surface area contributed by atoms with E-state index < -0.39 is 8.25 Å². The van der Waals surface area contributed by atoms with E-state index in [9.17, 15) is 0 Å². The molecule has 0 aromatic rings. The summed E-state index contributed by atoms with van der Waals surface area (Å²) in [4.78, 5) is 0.